The standard InChI is InChI=1S/C32H37N11O8.C8H10/c1-4-43(27-15(2)16(3)37-31(33)41-27)23-11-21(22(14-44)50-23)51-24(45)10-9-20(30(48)49)39-28(46)17-5-7-18(8-6-17)35-12-19-13-36-26-25(38-19)29(47)42-32(34)40-26;1-2-8-6-4-3-5-7-8/h4-8,13,20-23,35,44H,1,9-12,14H2,2-3H3,(H,39,46)(H,48,49)(H2,33,37,41)(H3,34,36,40,42,47);3-7H,2H2,1H3/t20-,21?,22?,23+;/m0./s1. The third-order valence-corrected chi connectivity index (χ3v) is 9.37. The highest BCUT2D eigenvalue weighted by molar-refractivity contribution is 5.97. The SMILES string of the molecule is C=CN(c1nc(N)nc(C)c1C)[C@H]1CC(OC(=O)CC[C@H](NC(=O)c2ccc(NCc3cnc4nc(N)[nH]c(=O)c4n3)cc2)C(=O)O)C(CO)O1.CCc1ccccc1. The Morgan fingerprint density at radius 2 is 1.81 bits per heavy atom. The number of aliphatic hydroxyl groups is 1. The molecule has 1 aliphatic rings. The third-order valence-electron chi connectivity index (χ3n) is 9.37. The number of nitrogen functional groups attached to an aromatic ring is 2. The van der Waals surface area contributed by atoms with Crippen molar-refractivity contribution in [1.29, 1.82) is 0 Å². The first-order valence-electron chi connectivity index (χ1n) is 18.7. The molecular formula is C40H47N11O8. The fraction of sp³-hybridized carbons (Fsp3) is 0.325. The second-order valence-corrected chi connectivity index (χ2v) is 13.4. The second-order valence-electron chi connectivity index (χ2n) is 13.4. The quantitative estimate of drug-likeness (QED) is 0.0748. The molecule has 19 nitrogen and oxygen atoms in total. The molecule has 0 bridgehead atoms. The molecule has 5 aromatic rings. The van der Waals surface area contributed by atoms with Gasteiger partial charge in [-0.2, -0.15) is 9.97 Å². The van der Waals surface area contributed by atoms with Gasteiger partial charge in [0.2, 0.25) is 11.9 Å². The number of carboxylic acid groups (broad SMARTS) is 1. The van der Waals surface area contributed by atoms with Crippen molar-refractivity contribution in [2.75, 3.05) is 28.3 Å². The van der Waals surface area contributed by atoms with Crippen LogP contribution in [0.2, 0.25) is 0 Å². The van der Waals surface area contributed by atoms with Gasteiger partial charge in [-0.1, -0.05) is 43.8 Å². The maximum atomic E-state index is 12.9. The number of hydrogen-bond acceptors (Lipinski definition) is 16. The molecule has 2 aromatic carbocycles. The summed E-state index contributed by atoms with van der Waals surface area (Å²) in [7, 11) is 0. The topological polar surface area (TPSA) is 287 Å². The minimum atomic E-state index is -1.39. The van der Waals surface area contributed by atoms with E-state index in [-0.39, 0.29) is 54.4 Å². The van der Waals surface area contributed by atoms with E-state index < -0.39 is 54.5 Å². The zero-order chi connectivity index (χ0) is 42.6. The number of ether oxygens (including phenoxy) is 2. The Morgan fingerprint density at radius 1 is 1.08 bits per heavy atom. The van der Waals surface area contributed by atoms with Crippen LogP contribution in [0.25, 0.3) is 11.2 Å². The monoisotopic (exact) mass is 809 g/mol. The zero-order valence-electron chi connectivity index (χ0n) is 32.8. The summed E-state index contributed by atoms with van der Waals surface area (Å²) in [5, 5.41) is 25.2. The van der Waals surface area contributed by atoms with Crippen molar-refractivity contribution in [2.45, 2.75) is 77.5 Å². The van der Waals surface area contributed by atoms with Gasteiger partial charge in [0.05, 0.1) is 25.0 Å². The lowest BCUT2D eigenvalue weighted by molar-refractivity contribution is -0.153. The fourth-order valence-electron chi connectivity index (χ4n) is 6.08. The van der Waals surface area contributed by atoms with Crippen molar-refractivity contribution in [1.82, 2.24) is 35.2 Å². The molecule has 1 amide bonds. The first-order valence-corrected chi connectivity index (χ1v) is 18.7. The van der Waals surface area contributed by atoms with Gasteiger partial charge >= 0.3 is 11.9 Å². The number of aromatic amines is 1. The number of nitrogens with zero attached hydrogens (tertiary/aromatic N) is 6. The Kier molecular flexibility index (Phi) is 14.6. The van der Waals surface area contributed by atoms with E-state index in [1.54, 1.807) is 24.0 Å². The predicted molar refractivity (Wildman–Crippen MR) is 219 cm³/mol. The van der Waals surface area contributed by atoms with Gasteiger partial charge in [-0.15, -0.1) is 0 Å². The van der Waals surface area contributed by atoms with Gasteiger partial charge in [-0.25, -0.2) is 19.7 Å². The number of carbonyl (C=O) groups is 3. The molecule has 1 fully saturated rings. The van der Waals surface area contributed by atoms with Crippen molar-refractivity contribution in [2.24, 2.45) is 0 Å². The summed E-state index contributed by atoms with van der Waals surface area (Å²) < 4.78 is 11.5. The number of fused-ring (bicyclic) bond motifs is 1. The smallest absolute Gasteiger partial charge is 0.326 e. The molecule has 0 aliphatic carbocycles. The van der Waals surface area contributed by atoms with Gasteiger partial charge in [-0.05, 0) is 56.5 Å². The highest BCUT2D eigenvalue weighted by atomic mass is 16.6. The average Bonchev–Trinajstić information content (AvgIpc) is 3.63. The number of anilines is 4. The maximum absolute atomic E-state index is 12.9. The Morgan fingerprint density at radius 3 is 2.46 bits per heavy atom. The number of amides is 1. The van der Waals surface area contributed by atoms with Gasteiger partial charge in [0.15, 0.2) is 11.2 Å². The molecule has 3 aromatic heterocycles. The van der Waals surface area contributed by atoms with E-state index in [1.807, 2.05) is 13.0 Å². The molecule has 4 atom stereocenters. The summed E-state index contributed by atoms with van der Waals surface area (Å²) in [6.45, 7) is 9.34. The molecule has 1 aliphatic heterocycles. The number of nitrogens with two attached hydrogens (primary N) is 2. The van der Waals surface area contributed by atoms with Crippen LogP contribution in [-0.4, -0.2) is 89.0 Å². The lowest BCUT2D eigenvalue weighted by Crippen LogP contribution is -2.41. The van der Waals surface area contributed by atoms with E-state index in [0.717, 1.165) is 12.0 Å². The molecule has 0 spiro atoms. The highest BCUT2D eigenvalue weighted by Gasteiger charge is 2.41. The number of esters is 1. The lowest BCUT2D eigenvalue weighted by Gasteiger charge is -2.27. The minimum absolute atomic E-state index is 0.0401. The van der Waals surface area contributed by atoms with Crippen LogP contribution in [0, 0.1) is 13.8 Å². The summed E-state index contributed by atoms with van der Waals surface area (Å²) in [5.41, 5.74) is 15.1. The number of benzene rings is 2. The van der Waals surface area contributed by atoms with Crippen molar-refractivity contribution >= 4 is 52.4 Å². The minimum Gasteiger partial charge on any atom is -0.480 e. The lowest BCUT2D eigenvalue weighted by atomic mass is 10.1. The van der Waals surface area contributed by atoms with E-state index in [0.29, 0.717) is 22.9 Å². The Hall–Kier alpha value is -6.99. The average molecular weight is 810 g/mol. The van der Waals surface area contributed by atoms with Crippen LogP contribution < -0.4 is 32.6 Å². The van der Waals surface area contributed by atoms with Crippen LogP contribution in [0.5, 0.6) is 0 Å². The number of carboxylic acids is 1. The number of rotatable bonds is 15. The number of aliphatic hydroxyl groups excluding tert-OH is 1. The van der Waals surface area contributed by atoms with Crippen molar-refractivity contribution in [3.8, 4) is 0 Å². The molecule has 1 saturated heterocycles. The largest absolute Gasteiger partial charge is 0.480 e. The van der Waals surface area contributed by atoms with E-state index in [4.69, 9.17) is 20.9 Å². The highest BCUT2D eigenvalue weighted by Crippen LogP contribution is 2.31. The van der Waals surface area contributed by atoms with E-state index >= 15 is 0 Å². The molecule has 310 valence electrons. The molecule has 6 rings (SSSR count). The van der Waals surface area contributed by atoms with E-state index in [2.05, 4.69) is 78.3 Å². The van der Waals surface area contributed by atoms with Crippen molar-refractivity contribution in [3.63, 3.8) is 0 Å². The molecule has 0 radical (unpaired) electrons. The van der Waals surface area contributed by atoms with Crippen LogP contribution in [-0.2, 0) is 32.0 Å². The van der Waals surface area contributed by atoms with Crippen LogP contribution >= 0.6 is 0 Å². The van der Waals surface area contributed by atoms with Gasteiger partial charge in [0, 0.05) is 41.5 Å². The molecular weight excluding hydrogens is 763 g/mol. The van der Waals surface area contributed by atoms with Crippen LogP contribution in [0.3, 0.4) is 0 Å². The fourth-order valence-corrected chi connectivity index (χ4v) is 6.08. The normalized spacial score (nSPS) is 16.3. The molecule has 9 N–H and O–H groups in total. The molecule has 19 heteroatoms. The van der Waals surface area contributed by atoms with E-state index in [1.165, 1.54) is 30.1 Å². The Balaban J connectivity index is 0.000000738. The molecule has 4 heterocycles. The van der Waals surface area contributed by atoms with Gasteiger partial charge in [0.25, 0.3) is 11.5 Å². The van der Waals surface area contributed by atoms with Gasteiger partial charge in [-0.3, -0.25) is 19.4 Å². The molecule has 2 unspecified atom stereocenters. The molecule has 0 saturated carbocycles. The predicted octanol–water partition coefficient (Wildman–Crippen LogP) is 2.78. The number of aliphatic carboxylic acids is 1. The Bertz CT molecular complexity index is 2330. The maximum Gasteiger partial charge on any atom is 0.326 e. The van der Waals surface area contributed by atoms with Crippen LogP contribution in [0.1, 0.15) is 59.1 Å². The zero-order valence-corrected chi connectivity index (χ0v) is 32.8. The second kappa shape index (κ2) is 19.9. The van der Waals surface area contributed by atoms with E-state index in [9.17, 15) is 29.4 Å². The van der Waals surface area contributed by atoms with Crippen molar-refractivity contribution < 1.29 is 34.1 Å². The summed E-state index contributed by atoms with van der Waals surface area (Å²) in [4.78, 5) is 74.5. The first kappa shape index (κ1) is 43.1. The number of aryl methyl sites for hydroxylation is 2. The third kappa shape index (κ3) is 11.3. The molecule has 59 heavy (non-hydrogen) atoms. The summed E-state index contributed by atoms with van der Waals surface area (Å²) in [6, 6.07) is 15.3. The number of carbonyl (C=O) groups excluding carboxylic acids is 2. The van der Waals surface area contributed by atoms with Crippen LogP contribution in [0.15, 0.2) is 78.4 Å². The number of aromatic nitrogens is 6. The van der Waals surface area contributed by atoms with Gasteiger partial charge in [0.1, 0.15) is 30.3 Å². The Labute approximate surface area is 338 Å². The first-order chi connectivity index (χ1) is 28.3. The summed E-state index contributed by atoms with van der Waals surface area (Å²) >= 11 is 0. The van der Waals surface area contributed by atoms with Gasteiger partial charge < -0.3 is 46.7 Å². The summed E-state index contributed by atoms with van der Waals surface area (Å²) in [6.07, 6.45) is 1.22. The van der Waals surface area contributed by atoms with Crippen LogP contribution in [0.4, 0.5) is 23.4 Å². The number of hydrogen-bond donors (Lipinski definition) is 7. The number of nitrogens with one attached hydrogen (secondary N) is 3. The van der Waals surface area contributed by atoms with Crippen molar-refractivity contribution in [3.05, 3.63) is 112 Å². The number of H-pyrrole nitrogens is 1. The summed E-state index contributed by atoms with van der Waals surface area (Å²) in [5.74, 6) is -2.29.